The lowest BCUT2D eigenvalue weighted by atomic mass is 9.74. The highest BCUT2D eigenvalue weighted by molar-refractivity contribution is 5.84. The number of nitrogens with one attached hydrogen (secondary N) is 1. The molecule has 0 saturated carbocycles. The van der Waals surface area contributed by atoms with E-state index in [0.29, 0.717) is 13.0 Å². The van der Waals surface area contributed by atoms with E-state index in [9.17, 15) is 9.18 Å². The summed E-state index contributed by atoms with van der Waals surface area (Å²) in [7, 11) is 0. The topological polar surface area (TPSA) is 44.8 Å². The maximum Gasteiger partial charge on any atom is 0.223 e. The molecule has 0 bridgehead atoms. The van der Waals surface area contributed by atoms with Crippen LogP contribution >= 0.6 is 0 Å². The SMILES string of the molecule is CC1(C)c2cc(F)ccc2N2CCC(=O)NC21C=CC=Cc1ccc(N2CCOCC2)cc1. The maximum absolute atomic E-state index is 14.1. The van der Waals surface area contributed by atoms with Crippen LogP contribution in [0.1, 0.15) is 31.4 Å². The van der Waals surface area contributed by atoms with Crippen molar-refractivity contribution in [1.29, 1.82) is 0 Å². The highest BCUT2D eigenvalue weighted by Crippen LogP contribution is 2.52. The molecule has 1 atom stereocenters. The Labute approximate surface area is 194 Å². The lowest BCUT2D eigenvalue weighted by Crippen LogP contribution is -2.68. The molecule has 5 rings (SSSR count). The van der Waals surface area contributed by atoms with Gasteiger partial charge in [0.05, 0.1) is 13.2 Å². The van der Waals surface area contributed by atoms with Crippen LogP contribution in [0.3, 0.4) is 0 Å². The van der Waals surface area contributed by atoms with Gasteiger partial charge in [-0.05, 0) is 47.5 Å². The van der Waals surface area contributed by atoms with Crippen LogP contribution in [0.5, 0.6) is 0 Å². The molecule has 6 heteroatoms. The standard InChI is InChI=1S/C27H30FN3O2/c1-26(2)23-19-21(28)8-11-24(23)31-14-12-25(32)29-27(26,31)13-4-3-5-20-6-9-22(10-7-20)30-15-17-33-18-16-30/h3-11,13,19H,12,14-18H2,1-2H3,(H,29,32). The molecule has 5 nitrogen and oxygen atoms in total. The van der Waals surface area contributed by atoms with Crippen molar-refractivity contribution < 1.29 is 13.9 Å². The number of ether oxygens (including phenoxy) is 1. The van der Waals surface area contributed by atoms with Crippen molar-refractivity contribution in [3.63, 3.8) is 0 Å². The van der Waals surface area contributed by atoms with Crippen LogP contribution < -0.4 is 15.1 Å². The lowest BCUT2D eigenvalue weighted by molar-refractivity contribution is -0.124. The minimum absolute atomic E-state index is 0.0138. The zero-order valence-corrected chi connectivity index (χ0v) is 19.2. The summed E-state index contributed by atoms with van der Waals surface area (Å²) in [6.45, 7) is 8.12. The molecule has 3 aliphatic heterocycles. The highest BCUT2D eigenvalue weighted by Gasteiger charge is 2.57. The molecule has 2 saturated heterocycles. The quantitative estimate of drug-likeness (QED) is 0.712. The Morgan fingerprint density at radius 2 is 1.79 bits per heavy atom. The Kier molecular flexibility index (Phi) is 5.49. The number of fused-ring (bicyclic) bond motifs is 3. The van der Waals surface area contributed by atoms with E-state index in [2.05, 4.69) is 59.3 Å². The van der Waals surface area contributed by atoms with Crippen molar-refractivity contribution in [2.45, 2.75) is 31.3 Å². The summed E-state index contributed by atoms with van der Waals surface area (Å²) >= 11 is 0. The Morgan fingerprint density at radius 1 is 1.03 bits per heavy atom. The molecule has 1 amide bonds. The average Bonchev–Trinajstić information content (AvgIpc) is 3.01. The second-order valence-electron chi connectivity index (χ2n) is 9.41. The minimum atomic E-state index is -0.733. The first-order valence-electron chi connectivity index (χ1n) is 11.6. The lowest BCUT2D eigenvalue weighted by Gasteiger charge is -2.49. The Bertz CT molecular complexity index is 1100. The Balaban J connectivity index is 1.38. The number of amides is 1. The molecule has 1 N–H and O–H groups in total. The van der Waals surface area contributed by atoms with Gasteiger partial charge < -0.3 is 19.9 Å². The summed E-state index contributed by atoms with van der Waals surface area (Å²) in [5, 5.41) is 3.22. The van der Waals surface area contributed by atoms with E-state index in [1.54, 1.807) is 6.07 Å². The molecule has 2 fully saturated rings. The fourth-order valence-electron chi connectivity index (χ4n) is 5.31. The molecule has 0 aliphatic carbocycles. The Hall–Kier alpha value is -3.12. The van der Waals surface area contributed by atoms with E-state index in [-0.39, 0.29) is 11.7 Å². The van der Waals surface area contributed by atoms with E-state index >= 15 is 0 Å². The molecule has 3 heterocycles. The predicted molar refractivity (Wildman–Crippen MR) is 130 cm³/mol. The molecule has 1 unspecified atom stereocenters. The summed E-state index contributed by atoms with van der Waals surface area (Å²) in [6, 6.07) is 13.4. The van der Waals surface area contributed by atoms with Gasteiger partial charge in [0, 0.05) is 42.8 Å². The molecule has 0 spiro atoms. The number of rotatable bonds is 4. The van der Waals surface area contributed by atoms with E-state index in [0.717, 1.165) is 43.1 Å². The second-order valence-corrected chi connectivity index (χ2v) is 9.41. The molecule has 3 aliphatic rings. The molecular weight excluding hydrogens is 417 g/mol. The molecular formula is C27H30FN3O2. The number of morpholine rings is 1. The van der Waals surface area contributed by atoms with Crippen molar-refractivity contribution in [3.8, 4) is 0 Å². The first kappa shape index (κ1) is 21.7. The third-order valence-electron chi connectivity index (χ3n) is 7.20. The normalized spacial score (nSPS) is 24.3. The monoisotopic (exact) mass is 447 g/mol. The predicted octanol–water partition coefficient (Wildman–Crippen LogP) is 4.25. The molecule has 2 aromatic carbocycles. The summed E-state index contributed by atoms with van der Waals surface area (Å²) in [4.78, 5) is 17.0. The van der Waals surface area contributed by atoms with Gasteiger partial charge in [-0.25, -0.2) is 4.39 Å². The van der Waals surface area contributed by atoms with Gasteiger partial charge in [0.2, 0.25) is 5.91 Å². The zero-order valence-electron chi connectivity index (χ0n) is 19.2. The zero-order chi connectivity index (χ0) is 23.1. The first-order chi connectivity index (χ1) is 15.9. The number of allylic oxidation sites excluding steroid dienone is 2. The fraction of sp³-hybridized carbons (Fsp3) is 0.370. The number of benzene rings is 2. The number of carbonyl (C=O) groups is 1. The van der Waals surface area contributed by atoms with Crippen LogP contribution in [0, 0.1) is 5.82 Å². The number of hydrogen-bond acceptors (Lipinski definition) is 4. The number of carbonyl (C=O) groups excluding carboxylic acids is 1. The summed E-state index contributed by atoms with van der Waals surface area (Å²) < 4.78 is 19.5. The van der Waals surface area contributed by atoms with Crippen LogP contribution in [-0.2, 0) is 14.9 Å². The van der Waals surface area contributed by atoms with Gasteiger partial charge in [-0.3, -0.25) is 4.79 Å². The van der Waals surface area contributed by atoms with Gasteiger partial charge >= 0.3 is 0 Å². The van der Waals surface area contributed by atoms with Crippen LogP contribution in [0.2, 0.25) is 0 Å². The van der Waals surface area contributed by atoms with Crippen molar-refractivity contribution in [1.82, 2.24) is 5.32 Å². The van der Waals surface area contributed by atoms with Gasteiger partial charge in [-0.1, -0.05) is 44.2 Å². The molecule has 2 aromatic rings. The summed E-state index contributed by atoms with van der Waals surface area (Å²) in [5.74, 6) is -0.243. The highest BCUT2D eigenvalue weighted by atomic mass is 19.1. The van der Waals surface area contributed by atoms with Gasteiger partial charge in [0.15, 0.2) is 0 Å². The third kappa shape index (κ3) is 3.72. The van der Waals surface area contributed by atoms with Crippen molar-refractivity contribution >= 4 is 23.4 Å². The number of hydrogen-bond donors (Lipinski definition) is 1. The third-order valence-corrected chi connectivity index (χ3v) is 7.20. The van der Waals surface area contributed by atoms with E-state index in [4.69, 9.17) is 4.74 Å². The van der Waals surface area contributed by atoms with E-state index < -0.39 is 11.1 Å². The van der Waals surface area contributed by atoms with Crippen LogP contribution in [0.15, 0.2) is 60.7 Å². The number of anilines is 2. The Morgan fingerprint density at radius 3 is 2.55 bits per heavy atom. The molecule has 0 radical (unpaired) electrons. The fourth-order valence-corrected chi connectivity index (χ4v) is 5.31. The van der Waals surface area contributed by atoms with Gasteiger partial charge in [0.1, 0.15) is 11.5 Å². The average molecular weight is 448 g/mol. The molecule has 172 valence electrons. The largest absolute Gasteiger partial charge is 0.378 e. The van der Waals surface area contributed by atoms with Crippen molar-refractivity contribution in [2.75, 3.05) is 42.6 Å². The second kappa shape index (κ2) is 8.34. The van der Waals surface area contributed by atoms with Crippen molar-refractivity contribution in [2.24, 2.45) is 0 Å². The van der Waals surface area contributed by atoms with Crippen LogP contribution in [0.4, 0.5) is 15.8 Å². The van der Waals surface area contributed by atoms with Crippen molar-refractivity contribution in [3.05, 3.63) is 77.6 Å². The van der Waals surface area contributed by atoms with Crippen LogP contribution in [0.25, 0.3) is 6.08 Å². The minimum Gasteiger partial charge on any atom is -0.378 e. The van der Waals surface area contributed by atoms with Gasteiger partial charge in [0.25, 0.3) is 0 Å². The summed E-state index contributed by atoms with van der Waals surface area (Å²) in [5.41, 5.74) is 2.98. The number of halogens is 1. The van der Waals surface area contributed by atoms with Gasteiger partial charge in [-0.2, -0.15) is 0 Å². The molecule has 33 heavy (non-hydrogen) atoms. The summed E-state index contributed by atoms with van der Waals surface area (Å²) in [6.07, 6.45) is 8.50. The number of nitrogens with zero attached hydrogens (tertiary/aromatic N) is 2. The first-order valence-corrected chi connectivity index (χ1v) is 11.6. The van der Waals surface area contributed by atoms with Crippen LogP contribution in [-0.4, -0.2) is 44.4 Å². The molecule has 0 aromatic heterocycles. The van der Waals surface area contributed by atoms with Gasteiger partial charge in [-0.15, -0.1) is 0 Å². The van der Waals surface area contributed by atoms with E-state index in [1.165, 1.54) is 11.8 Å². The van der Waals surface area contributed by atoms with E-state index in [1.807, 2.05) is 24.3 Å². The smallest absolute Gasteiger partial charge is 0.223 e. The maximum atomic E-state index is 14.1.